The van der Waals surface area contributed by atoms with E-state index in [2.05, 4.69) is 30.5 Å². The molecule has 3 N–H and O–H groups in total. The largest absolute Gasteiger partial charge is 0.357 e. The third-order valence-corrected chi connectivity index (χ3v) is 6.84. The summed E-state index contributed by atoms with van der Waals surface area (Å²) in [7, 11) is 0. The van der Waals surface area contributed by atoms with Gasteiger partial charge in [-0.2, -0.15) is 0 Å². The van der Waals surface area contributed by atoms with Crippen LogP contribution in [-0.4, -0.2) is 38.5 Å². The van der Waals surface area contributed by atoms with Crippen molar-refractivity contribution in [1.29, 1.82) is 0 Å². The number of H-pyrrole nitrogens is 1. The van der Waals surface area contributed by atoms with Crippen LogP contribution in [0.2, 0.25) is 0 Å². The predicted octanol–water partition coefficient (Wildman–Crippen LogP) is 5.00. The van der Waals surface area contributed by atoms with Crippen LogP contribution < -0.4 is 21.2 Å². The molecular formula is C27H31N7O2. The average Bonchev–Trinajstić information content (AvgIpc) is 3.54. The number of benzene rings is 1. The second kappa shape index (κ2) is 9.85. The number of anilines is 4. The summed E-state index contributed by atoms with van der Waals surface area (Å²) < 4.78 is 1.69. The minimum Gasteiger partial charge on any atom is -0.357 e. The van der Waals surface area contributed by atoms with E-state index < -0.39 is 0 Å². The van der Waals surface area contributed by atoms with Gasteiger partial charge in [0.05, 0.1) is 5.69 Å². The second-order valence-corrected chi connectivity index (χ2v) is 9.32. The number of nitrogens with one attached hydrogen (secondary N) is 3. The number of carbonyl (C=O) groups is 1. The van der Waals surface area contributed by atoms with Crippen molar-refractivity contribution in [3.05, 3.63) is 70.4 Å². The summed E-state index contributed by atoms with van der Waals surface area (Å²) in [6.45, 7) is 7.98. The van der Waals surface area contributed by atoms with Crippen LogP contribution >= 0.6 is 0 Å². The second-order valence-electron chi connectivity index (χ2n) is 9.32. The highest BCUT2D eigenvalue weighted by molar-refractivity contribution is 6.05. The highest BCUT2D eigenvalue weighted by Gasteiger charge is 2.17. The molecule has 0 spiro atoms. The van der Waals surface area contributed by atoms with E-state index in [9.17, 15) is 9.59 Å². The predicted molar refractivity (Wildman–Crippen MR) is 143 cm³/mol. The number of aryl methyl sites for hydroxylation is 1. The fourth-order valence-electron chi connectivity index (χ4n) is 4.58. The SMILES string of the molecule is CCC(C)n1c(=O)[nH]c2c(Nc3cc(NC(=O)c4ccnc(N5CCCC5)c4)ccc3C)ccnc21. The van der Waals surface area contributed by atoms with Gasteiger partial charge in [0.25, 0.3) is 5.91 Å². The molecule has 5 rings (SSSR count). The maximum Gasteiger partial charge on any atom is 0.327 e. The number of pyridine rings is 2. The van der Waals surface area contributed by atoms with Crippen LogP contribution in [0.1, 0.15) is 55.1 Å². The molecule has 1 aliphatic heterocycles. The number of amides is 1. The molecule has 3 aromatic heterocycles. The quantitative estimate of drug-likeness (QED) is 0.340. The first-order valence-electron chi connectivity index (χ1n) is 12.4. The van der Waals surface area contributed by atoms with Gasteiger partial charge in [-0.15, -0.1) is 0 Å². The number of rotatable bonds is 7. The summed E-state index contributed by atoms with van der Waals surface area (Å²) in [5, 5.41) is 6.42. The molecule has 1 atom stereocenters. The number of hydrogen-bond donors (Lipinski definition) is 3. The number of carbonyl (C=O) groups excluding carboxylic acids is 1. The number of fused-ring (bicyclic) bond motifs is 1. The Balaban J connectivity index is 1.39. The van der Waals surface area contributed by atoms with E-state index in [1.165, 1.54) is 0 Å². The zero-order chi connectivity index (χ0) is 25.2. The molecule has 0 radical (unpaired) electrons. The van der Waals surface area contributed by atoms with Gasteiger partial charge in [-0.05, 0) is 69.0 Å². The Morgan fingerprint density at radius 1 is 1.08 bits per heavy atom. The smallest absolute Gasteiger partial charge is 0.327 e. The minimum atomic E-state index is -0.186. The Bertz CT molecular complexity index is 1470. The molecule has 9 heteroatoms. The highest BCUT2D eigenvalue weighted by Crippen LogP contribution is 2.29. The summed E-state index contributed by atoms with van der Waals surface area (Å²) in [6.07, 6.45) is 6.50. The molecule has 36 heavy (non-hydrogen) atoms. The Kier molecular flexibility index (Phi) is 6.45. The van der Waals surface area contributed by atoms with E-state index in [0.717, 1.165) is 55.1 Å². The lowest BCUT2D eigenvalue weighted by atomic mass is 10.1. The van der Waals surface area contributed by atoms with Gasteiger partial charge in [-0.3, -0.25) is 9.36 Å². The third kappa shape index (κ3) is 4.56. The maximum absolute atomic E-state index is 13.0. The molecule has 0 bridgehead atoms. The maximum atomic E-state index is 13.0. The number of hydrogen-bond acceptors (Lipinski definition) is 6. The minimum absolute atomic E-state index is 0.0356. The van der Waals surface area contributed by atoms with Crippen molar-refractivity contribution in [2.24, 2.45) is 0 Å². The summed E-state index contributed by atoms with van der Waals surface area (Å²) in [6, 6.07) is 11.2. The van der Waals surface area contributed by atoms with Crippen molar-refractivity contribution in [2.45, 2.75) is 46.1 Å². The zero-order valence-corrected chi connectivity index (χ0v) is 20.8. The van der Waals surface area contributed by atoms with Crippen LogP contribution in [-0.2, 0) is 0 Å². The van der Waals surface area contributed by atoms with Crippen LogP contribution in [0, 0.1) is 6.92 Å². The number of nitrogens with zero attached hydrogens (tertiary/aromatic N) is 4. The van der Waals surface area contributed by atoms with Gasteiger partial charge in [0.2, 0.25) is 0 Å². The molecule has 1 aliphatic rings. The van der Waals surface area contributed by atoms with Crippen LogP contribution in [0.4, 0.5) is 22.9 Å². The third-order valence-electron chi connectivity index (χ3n) is 6.84. The molecule has 0 aliphatic carbocycles. The summed E-state index contributed by atoms with van der Waals surface area (Å²) >= 11 is 0. The molecule has 4 heterocycles. The Labute approximate surface area is 209 Å². The van der Waals surface area contributed by atoms with Crippen molar-refractivity contribution in [3.63, 3.8) is 0 Å². The van der Waals surface area contributed by atoms with E-state index in [4.69, 9.17) is 0 Å². The lowest BCUT2D eigenvalue weighted by Crippen LogP contribution is -2.20. The molecule has 4 aromatic rings. The standard InChI is InChI=1S/C27H31N7O2/c1-4-18(3)34-25-24(32-27(34)36)21(10-12-29-25)31-22-16-20(8-7-17(22)2)30-26(35)19-9-11-28-23(15-19)33-13-5-6-14-33/h7-12,15-16,18H,4-6,13-14H2,1-3H3,(H,29,31)(H,30,35)(H,32,36). The molecule has 1 fully saturated rings. The van der Waals surface area contributed by atoms with Crippen molar-refractivity contribution in [1.82, 2.24) is 19.5 Å². The topological polar surface area (TPSA) is 108 Å². The van der Waals surface area contributed by atoms with Gasteiger partial charge < -0.3 is 20.5 Å². The molecule has 1 aromatic carbocycles. The highest BCUT2D eigenvalue weighted by atomic mass is 16.2. The molecule has 1 saturated heterocycles. The van der Waals surface area contributed by atoms with Gasteiger partial charge in [-0.25, -0.2) is 14.8 Å². The Hall–Kier alpha value is -4.14. The first-order valence-corrected chi connectivity index (χ1v) is 12.4. The summed E-state index contributed by atoms with van der Waals surface area (Å²) in [5.74, 6) is 0.653. The number of aromatic nitrogens is 4. The zero-order valence-electron chi connectivity index (χ0n) is 20.8. The number of imidazole rings is 1. The average molecular weight is 486 g/mol. The van der Waals surface area contributed by atoms with Crippen LogP contribution in [0.15, 0.2) is 53.6 Å². The molecular weight excluding hydrogens is 454 g/mol. The van der Waals surface area contributed by atoms with Gasteiger partial charge in [0.1, 0.15) is 11.3 Å². The van der Waals surface area contributed by atoms with Crippen molar-refractivity contribution in [3.8, 4) is 0 Å². The van der Waals surface area contributed by atoms with Gasteiger partial charge >= 0.3 is 5.69 Å². The van der Waals surface area contributed by atoms with Gasteiger partial charge in [0, 0.05) is 48.5 Å². The lowest BCUT2D eigenvalue weighted by Gasteiger charge is -2.17. The first kappa shape index (κ1) is 23.6. The molecule has 186 valence electrons. The van der Waals surface area contributed by atoms with Gasteiger partial charge in [-0.1, -0.05) is 13.0 Å². The van der Waals surface area contributed by atoms with E-state index in [1.54, 1.807) is 23.0 Å². The van der Waals surface area contributed by atoms with Crippen LogP contribution in [0.3, 0.4) is 0 Å². The van der Waals surface area contributed by atoms with Crippen molar-refractivity contribution >= 4 is 40.0 Å². The van der Waals surface area contributed by atoms with E-state index in [0.29, 0.717) is 22.4 Å². The lowest BCUT2D eigenvalue weighted by molar-refractivity contribution is 0.102. The molecule has 1 amide bonds. The number of aromatic amines is 1. The molecule has 1 unspecified atom stereocenters. The van der Waals surface area contributed by atoms with E-state index in [1.807, 2.05) is 51.1 Å². The summed E-state index contributed by atoms with van der Waals surface area (Å²) in [5.41, 5.74) is 4.91. The summed E-state index contributed by atoms with van der Waals surface area (Å²) in [4.78, 5) is 39.7. The van der Waals surface area contributed by atoms with Crippen LogP contribution in [0.25, 0.3) is 11.2 Å². The Morgan fingerprint density at radius 3 is 2.64 bits per heavy atom. The first-order chi connectivity index (χ1) is 17.4. The van der Waals surface area contributed by atoms with E-state index in [-0.39, 0.29) is 17.6 Å². The van der Waals surface area contributed by atoms with Crippen molar-refractivity contribution < 1.29 is 4.79 Å². The van der Waals surface area contributed by atoms with Crippen molar-refractivity contribution in [2.75, 3.05) is 28.6 Å². The Morgan fingerprint density at radius 2 is 1.86 bits per heavy atom. The van der Waals surface area contributed by atoms with Gasteiger partial charge in [0.15, 0.2) is 5.65 Å². The van der Waals surface area contributed by atoms with Crippen LogP contribution in [0.5, 0.6) is 0 Å². The fraction of sp³-hybridized carbons (Fsp3) is 0.333. The fourth-order valence-corrected chi connectivity index (χ4v) is 4.58. The molecule has 9 nitrogen and oxygen atoms in total. The van der Waals surface area contributed by atoms with E-state index >= 15 is 0 Å². The normalized spacial score (nSPS) is 14.2. The monoisotopic (exact) mass is 485 g/mol. The molecule has 0 saturated carbocycles.